The van der Waals surface area contributed by atoms with E-state index in [2.05, 4.69) is 15.3 Å². The number of urea groups is 1. The van der Waals surface area contributed by atoms with E-state index in [0.717, 1.165) is 4.31 Å². The number of ether oxygens (including phenoxy) is 3. The van der Waals surface area contributed by atoms with Crippen molar-refractivity contribution in [2.75, 3.05) is 45.8 Å². The highest BCUT2D eigenvalue weighted by Gasteiger charge is 2.26. The summed E-state index contributed by atoms with van der Waals surface area (Å²) in [4.78, 5) is 19.6. The molecule has 2 rings (SSSR count). The molecule has 1 aliphatic rings. The molecular formula is C11H17N5O6S. The third-order valence-corrected chi connectivity index (χ3v) is 4.34. The van der Waals surface area contributed by atoms with E-state index in [-0.39, 0.29) is 44.0 Å². The molecule has 128 valence electrons. The summed E-state index contributed by atoms with van der Waals surface area (Å²) >= 11 is 0. The first-order chi connectivity index (χ1) is 10.9. The van der Waals surface area contributed by atoms with Crippen LogP contribution < -0.4 is 19.5 Å². The summed E-state index contributed by atoms with van der Waals surface area (Å²) in [6.07, 6.45) is 0. The second kappa shape index (κ2) is 7.39. The Kier molecular flexibility index (Phi) is 5.52. The predicted molar refractivity (Wildman–Crippen MR) is 78.6 cm³/mol. The van der Waals surface area contributed by atoms with Gasteiger partial charge in [0.05, 0.1) is 33.5 Å². The molecule has 1 aromatic heterocycles. The van der Waals surface area contributed by atoms with Gasteiger partial charge in [0, 0.05) is 13.1 Å². The molecule has 0 saturated carbocycles. The van der Waals surface area contributed by atoms with Gasteiger partial charge in [-0.1, -0.05) is 0 Å². The van der Waals surface area contributed by atoms with E-state index in [9.17, 15) is 13.2 Å². The van der Waals surface area contributed by atoms with E-state index < -0.39 is 16.2 Å². The van der Waals surface area contributed by atoms with Crippen LogP contribution in [0.3, 0.4) is 0 Å². The number of nitrogens with zero attached hydrogens (tertiary/aromatic N) is 3. The van der Waals surface area contributed by atoms with E-state index >= 15 is 0 Å². The lowest BCUT2D eigenvalue weighted by Crippen LogP contribution is -2.49. The average molecular weight is 347 g/mol. The van der Waals surface area contributed by atoms with Gasteiger partial charge in [-0.15, -0.1) is 0 Å². The van der Waals surface area contributed by atoms with Gasteiger partial charge >= 0.3 is 16.2 Å². The van der Waals surface area contributed by atoms with Crippen molar-refractivity contribution in [1.82, 2.24) is 19.0 Å². The maximum absolute atomic E-state index is 12.0. The highest BCUT2D eigenvalue weighted by molar-refractivity contribution is 7.87. The molecule has 2 heterocycles. The monoisotopic (exact) mass is 347 g/mol. The van der Waals surface area contributed by atoms with Crippen LogP contribution in [-0.4, -0.2) is 69.2 Å². The first kappa shape index (κ1) is 17.2. The Hall–Kier alpha value is -2.18. The van der Waals surface area contributed by atoms with Gasteiger partial charge < -0.3 is 14.2 Å². The first-order valence-electron chi connectivity index (χ1n) is 6.58. The third kappa shape index (κ3) is 4.64. The van der Waals surface area contributed by atoms with E-state index in [1.165, 1.54) is 20.3 Å². The number of hydrogen-bond acceptors (Lipinski definition) is 8. The van der Waals surface area contributed by atoms with Gasteiger partial charge in [0.25, 0.3) is 0 Å². The molecule has 0 unspecified atom stereocenters. The number of aromatic nitrogens is 2. The van der Waals surface area contributed by atoms with Crippen molar-refractivity contribution in [3.05, 3.63) is 6.07 Å². The maximum Gasteiger partial charge on any atom is 0.336 e. The highest BCUT2D eigenvalue weighted by atomic mass is 32.2. The number of morpholine rings is 1. The fourth-order valence-corrected chi connectivity index (χ4v) is 2.81. The molecule has 12 heteroatoms. The van der Waals surface area contributed by atoms with Crippen molar-refractivity contribution < 1.29 is 27.4 Å². The minimum absolute atomic E-state index is 0.156. The van der Waals surface area contributed by atoms with Gasteiger partial charge in [-0.05, 0) is 0 Å². The van der Waals surface area contributed by atoms with Crippen LogP contribution in [0.4, 0.5) is 10.7 Å². The van der Waals surface area contributed by atoms with Gasteiger partial charge in [0.2, 0.25) is 17.7 Å². The van der Waals surface area contributed by atoms with Gasteiger partial charge in [0.1, 0.15) is 0 Å². The van der Waals surface area contributed by atoms with Crippen LogP contribution in [0.5, 0.6) is 11.8 Å². The number of carbonyl (C=O) groups is 1. The van der Waals surface area contributed by atoms with E-state index in [1.54, 1.807) is 0 Å². The fourth-order valence-electron chi connectivity index (χ4n) is 1.76. The number of hydrogen-bond donors (Lipinski definition) is 2. The molecule has 11 nitrogen and oxygen atoms in total. The van der Waals surface area contributed by atoms with Crippen molar-refractivity contribution in [1.29, 1.82) is 0 Å². The lowest BCUT2D eigenvalue weighted by Gasteiger charge is -2.25. The average Bonchev–Trinajstić information content (AvgIpc) is 2.54. The SMILES string of the molecule is COc1cc(OC)nc(NC(=O)NS(=O)(=O)N2CCOCC2)n1. The minimum atomic E-state index is -3.96. The molecule has 23 heavy (non-hydrogen) atoms. The van der Waals surface area contributed by atoms with Gasteiger partial charge in [0.15, 0.2) is 0 Å². The lowest BCUT2D eigenvalue weighted by molar-refractivity contribution is 0.0726. The molecule has 2 N–H and O–H groups in total. The molecule has 0 bridgehead atoms. The first-order valence-corrected chi connectivity index (χ1v) is 8.02. The van der Waals surface area contributed by atoms with Crippen LogP contribution in [0, 0.1) is 0 Å². The number of nitrogens with one attached hydrogen (secondary N) is 2. The summed E-state index contributed by atoms with van der Waals surface area (Å²) in [7, 11) is -1.19. The van der Waals surface area contributed by atoms with Crippen molar-refractivity contribution in [2.45, 2.75) is 0 Å². The zero-order valence-electron chi connectivity index (χ0n) is 12.6. The Bertz CT molecular complexity index is 639. The highest BCUT2D eigenvalue weighted by Crippen LogP contribution is 2.17. The summed E-state index contributed by atoms with van der Waals surface area (Å²) in [5.74, 6) is 0.155. The zero-order valence-corrected chi connectivity index (χ0v) is 13.4. The van der Waals surface area contributed by atoms with Crippen LogP contribution in [0.25, 0.3) is 0 Å². The topological polar surface area (TPSA) is 132 Å². The van der Waals surface area contributed by atoms with Crippen LogP contribution in [-0.2, 0) is 14.9 Å². The smallest absolute Gasteiger partial charge is 0.336 e. The van der Waals surface area contributed by atoms with E-state index in [1.807, 2.05) is 4.72 Å². The summed E-state index contributed by atoms with van der Waals surface area (Å²) in [5.41, 5.74) is 0. The standard InChI is InChI=1S/C11H17N5O6S/c1-20-8-7-9(21-2)13-10(12-8)14-11(17)15-23(18,19)16-3-5-22-6-4-16/h7H,3-6H2,1-2H3,(H2,12,13,14,15,17). The fraction of sp³-hybridized carbons (Fsp3) is 0.545. The van der Waals surface area contributed by atoms with E-state index in [0.29, 0.717) is 0 Å². The largest absolute Gasteiger partial charge is 0.481 e. The number of amides is 2. The number of rotatable bonds is 5. The Morgan fingerprint density at radius 3 is 2.30 bits per heavy atom. The normalized spacial score (nSPS) is 15.7. The predicted octanol–water partition coefficient (Wildman–Crippen LogP) is -0.808. The second-order valence-corrected chi connectivity index (χ2v) is 6.02. The quantitative estimate of drug-likeness (QED) is 0.707. The number of methoxy groups -OCH3 is 2. The number of anilines is 1. The summed E-state index contributed by atoms with van der Waals surface area (Å²) < 4.78 is 42.0. The molecule has 1 fully saturated rings. The minimum Gasteiger partial charge on any atom is -0.481 e. The van der Waals surface area contributed by atoms with E-state index in [4.69, 9.17) is 14.2 Å². The molecule has 0 atom stereocenters. The molecule has 1 aromatic rings. The molecule has 0 radical (unpaired) electrons. The van der Waals surface area contributed by atoms with Gasteiger partial charge in [-0.3, -0.25) is 5.32 Å². The Morgan fingerprint density at radius 2 is 1.78 bits per heavy atom. The zero-order chi connectivity index (χ0) is 16.9. The summed E-state index contributed by atoms with van der Waals surface area (Å²) in [5, 5.41) is 2.22. The van der Waals surface area contributed by atoms with Gasteiger partial charge in [-0.2, -0.15) is 22.7 Å². The van der Waals surface area contributed by atoms with Crippen LogP contribution in [0.15, 0.2) is 6.07 Å². The maximum atomic E-state index is 12.0. The molecule has 1 aliphatic heterocycles. The summed E-state index contributed by atoms with van der Waals surface area (Å²) in [6.45, 7) is 0.898. The molecule has 0 spiro atoms. The van der Waals surface area contributed by atoms with Crippen LogP contribution >= 0.6 is 0 Å². The molecule has 1 saturated heterocycles. The Balaban J connectivity index is 2.04. The second-order valence-electron chi connectivity index (χ2n) is 4.35. The third-order valence-electron chi connectivity index (χ3n) is 2.85. The van der Waals surface area contributed by atoms with Gasteiger partial charge in [-0.25, -0.2) is 9.52 Å². The molecule has 0 aromatic carbocycles. The molecule has 0 aliphatic carbocycles. The van der Waals surface area contributed by atoms with Crippen LogP contribution in [0.1, 0.15) is 0 Å². The lowest BCUT2D eigenvalue weighted by atomic mass is 10.5. The van der Waals surface area contributed by atoms with Crippen molar-refractivity contribution in [3.63, 3.8) is 0 Å². The Labute approximate surface area is 133 Å². The van der Waals surface area contributed by atoms with Crippen molar-refractivity contribution >= 4 is 22.2 Å². The van der Waals surface area contributed by atoms with Crippen molar-refractivity contribution in [2.24, 2.45) is 0 Å². The molecule has 2 amide bonds. The Morgan fingerprint density at radius 1 is 1.22 bits per heavy atom. The number of carbonyl (C=O) groups excluding carboxylic acids is 1. The van der Waals surface area contributed by atoms with Crippen LogP contribution in [0.2, 0.25) is 0 Å². The van der Waals surface area contributed by atoms with Crippen molar-refractivity contribution in [3.8, 4) is 11.8 Å². The summed E-state index contributed by atoms with van der Waals surface area (Å²) in [6, 6.07) is 0.417. The molecular weight excluding hydrogens is 330 g/mol.